The van der Waals surface area contributed by atoms with Crippen LogP contribution in [0.3, 0.4) is 0 Å². The Morgan fingerprint density at radius 1 is 0.774 bits per heavy atom. The summed E-state index contributed by atoms with van der Waals surface area (Å²) in [4.78, 5) is 35.3. The summed E-state index contributed by atoms with van der Waals surface area (Å²) in [7, 11) is 4.46. The van der Waals surface area contributed by atoms with E-state index < -0.39 is 6.03 Å². The van der Waals surface area contributed by atoms with Gasteiger partial charge < -0.3 is 35.5 Å². The number of anilines is 2. The molecule has 2 rings (SSSR count). The van der Waals surface area contributed by atoms with Gasteiger partial charge in [0.05, 0.1) is 27.0 Å². The van der Waals surface area contributed by atoms with Crippen LogP contribution in [-0.2, 0) is 4.79 Å². The Balaban J connectivity index is 1.82. The number of methoxy groups -OCH3 is 3. The number of hydrogen-bond acceptors (Lipinski definition) is 6. The van der Waals surface area contributed by atoms with E-state index in [0.29, 0.717) is 34.2 Å². The highest BCUT2D eigenvalue weighted by Gasteiger charge is 2.14. The predicted molar refractivity (Wildman–Crippen MR) is 116 cm³/mol. The highest BCUT2D eigenvalue weighted by atomic mass is 16.5. The number of benzene rings is 2. The van der Waals surface area contributed by atoms with Crippen molar-refractivity contribution in [2.45, 2.75) is 6.92 Å². The number of carbonyl (C=O) groups excluding carboxylic acids is 3. The van der Waals surface area contributed by atoms with Gasteiger partial charge in [-0.3, -0.25) is 9.59 Å². The fraction of sp³-hybridized carbons (Fsp3) is 0.286. The zero-order chi connectivity index (χ0) is 22.8. The minimum Gasteiger partial charge on any atom is -0.493 e. The first-order valence-corrected chi connectivity index (χ1v) is 9.38. The first kappa shape index (κ1) is 23.3. The van der Waals surface area contributed by atoms with Gasteiger partial charge in [-0.25, -0.2) is 4.79 Å². The zero-order valence-corrected chi connectivity index (χ0v) is 17.8. The number of ether oxygens (including phenoxy) is 3. The number of rotatable bonds is 9. The van der Waals surface area contributed by atoms with Crippen LogP contribution >= 0.6 is 0 Å². The molecular weight excluding hydrogens is 404 g/mol. The van der Waals surface area contributed by atoms with Crippen LogP contribution in [0, 0.1) is 0 Å². The molecule has 0 saturated carbocycles. The van der Waals surface area contributed by atoms with E-state index in [1.54, 1.807) is 36.4 Å². The van der Waals surface area contributed by atoms with Gasteiger partial charge in [0.1, 0.15) is 0 Å². The van der Waals surface area contributed by atoms with Gasteiger partial charge >= 0.3 is 6.03 Å². The SMILES string of the molecule is COc1cc(NC(=O)NCCNC(=O)c2ccc(NC(C)=O)cc2)cc(OC)c1OC. The molecule has 31 heavy (non-hydrogen) atoms. The van der Waals surface area contributed by atoms with E-state index in [2.05, 4.69) is 21.3 Å². The Bertz CT molecular complexity index is 905. The summed E-state index contributed by atoms with van der Waals surface area (Å²) in [5.41, 5.74) is 1.50. The summed E-state index contributed by atoms with van der Waals surface area (Å²) in [6.07, 6.45) is 0. The zero-order valence-electron chi connectivity index (χ0n) is 17.8. The smallest absolute Gasteiger partial charge is 0.319 e. The largest absolute Gasteiger partial charge is 0.493 e. The van der Waals surface area contributed by atoms with E-state index >= 15 is 0 Å². The molecule has 0 saturated heterocycles. The van der Waals surface area contributed by atoms with Gasteiger partial charge in [-0.1, -0.05) is 0 Å². The molecule has 0 unspecified atom stereocenters. The third-order valence-electron chi connectivity index (χ3n) is 4.09. The second-order valence-corrected chi connectivity index (χ2v) is 6.31. The summed E-state index contributed by atoms with van der Waals surface area (Å²) >= 11 is 0. The lowest BCUT2D eigenvalue weighted by Gasteiger charge is -2.15. The van der Waals surface area contributed by atoms with Crippen molar-refractivity contribution < 1.29 is 28.6 Å². The van der Waals surface area contributed by atoms with E-state index in [9.17, 15) is 14.4 Å². The first-order valence-electron chi connectivity index (χ1n) is 9.38. The maximum absolute atomic E-state index is 12.1. The summed E-state index contributed by atoms with van der Waals surface area (Å²) in [6.45, 7) is 1.85. The van der Waals surface area contributed by atoms with Crippen molar-refractivity contribution >= 4 is 29.2 Å². The monoisotopic (exact) mass is 430 g/mol. The Kier molecular flexibility index (Phi) is 8.50. The molecule has 0 aromatic heterocycles. The van der Waals surface area contributed by atoms with Crippen LogP contribution in [0.2, 0.25) is 0 Å². The third kappa shape index (κ3) is 6.81. The lowest BCUT2D eigenvalue weighted by atomic mass is 10.2. The van der Waals surface area contributed by atoms with Crippen molar-refractivity contribution in [1.82, 2.24) is 10.6 Å². The Hall–Kier alpha value is -3.95. The van der Waals surface area contributed by atoms with Crippen LogP contribution in [0.15, 0.2) is 36.4 Å². The molecule has 0 bridgehead atoms. The lowest BCUT2D eigenvalue weighted by molar-refractivity contribution is -0.114. The summed E-state index contributed by atoms with van der Waals surface area (Å²) in [6, 6.07) is 9.23. The number of hydrogen-bond donors (Lipinski definition) is 4. The van der Waals surface area contributed by atoms with E-state index in [1.807, 2.05) is 0 Å². The van der Waals surface area contributed by atoms with Crippen molar-refractivity contribution in [2.75, 3.05) is 45.1 Å². The van der Waals surface area contributed by atoms with Gasteiger partial charge in [0, 0.05) is 43.4 Å². The molecule has 0 aliphatic heterocycles. The van der Waals surface area contributed by atoms with E-state index in [4.69, 9.17) is 14.2 Å². The number of carbonyl (C=O) groups is 3. The lowest BCUT2D eigenvalue weighted by Crippen LogP contribution is -2.36. The molecule has 0 fully saturated rings. The first-order chi connectivity index (χ1) is 14.9. The topological polar surface area (TPSA) is 127 Å². The fourth-order valence-corrected chi connectivity index (χ4v) is 2.69. The molecule has 166 valence electrons. The van der Waals surface area contributed by atoms with Crippen molar-refractivity contribution in [3.05, 3.63) is 42.0 Å². The average molecular weight is 430 g/mol. The van der Waals surface area contributed by atoms with E-state index in [-0.39, 0.29) is 24.9 Å². The molecular formula is C21H26N4O6. The van der Waals surface area contributed by atoms with Crippen molar-refractivity contribution in [2.24, 2.45) is 0 Å². The van der Waals surface area contributed by atoms with E-state index in [0.717, 1.165) is 0 Å². The predicted octanol–water partition coefficient (Wildman–Crippen LogP) is 2.22. The average Bonchev–Trinajstić information content (AvgIpc) is 2.75. The van der Waals surface area contributed by atoms with Crippen LogP contribution in [0.25, 0.3) is 0 Å². The minimum atomic E-state index is -0.455. The van der Waals surface area contributed by atoms with Crippen LogP contribution in [0.1, 0.15) is 17.3 Å². The standard InChI is InChI=1S/C21H26N4O6/c1-13(26)24-15-7-5-14(6-8-15)20(27)22-9-10-23-21(28)25-16-11-17(29-2)19(31-4)18(12-16)30-3/h5-8,11-12H,9-10H2,1-4H3,(H,22,27)(H,24,26)(H2,23,25,28). The molecule has 0 atom stereocenters. The number of nitrogens with one attached hydrogen (secondary N) is 4. The normalized spacial score (nSPS) is 9.94. The number of amides is 4. The molecule has 0 spiro atoms. The fourth-order valence-electron chi connectivity index (χ4n) is 2.69. The summed E-state index contributed by atoms with van der Waals surface area (Å²) in [5.74, 6) is 0.765. The van der Waals surface area contributed by atoms with Gasteiger partial charge in [0.25, 0.3) is 5.91 Å². The van der Waals surface area contributed by atoms with Crippen molar-refractivity contribution in [1.29, 1.82) is 0 Å². The van der Waals surface area contributed by atoms with Gasteiger partial charge in [-0.15, -0.1) is 0 Å². The van der Waals surface area contributed by atoms with Crippen molar-refractivity contribution in [3.63, 3.8) is 0 Å². The van der Waals surface area contributed by atoms with Crippen LogP contribution < -0.4 is 35.5 Å². The second-order valence-electron chi connectivity index (χ2n) is 6.31. The molecule has 4 amide bonds. The Labute approximate surface area is 180 Å². The molecule has 2 aromatic rings. The summed E-state index contributed by atoms with van der Waals surface area (Å²) in [5, 5.41) is 10.7. The van der Waals surface area contributed by atoms with Gasteiger partial charge in [0.2, 0.25) is 11.7 Å². The molecule has 0 radical (unpaired) electrons. The molecule has 10 heteroatoms. The van der Waals surface area contributed by atoms with Crippen molar-refractivity contribution in [3.8, 4) is 17.2 Å². The maximum Gasteiger partial charge on any atom is 0.319 e. The highest BCUT2D eigenvalue weighted by molar-refractivity contribution is 5.95. The molecule has 0 aliphatic carbocycles. The second kappa shape index (κ2) is 11.3. The maximum atomic E-state index is 12.1. The highest BCUT2D eigenvalue weighted by Crippen LogP contribution is 2.39. The molecule has 0 aliphatic rings. The van der Waals surface area contributed by atoms with Crippen LogP contribution in [0.5, 0.6) is 17.2 Å². The molecule has 2 aromatic carbocycles. The number of urea groups is 1. The Morgan fingerprint density at radius 3 is 1.87 bits per heavy atom. The summed E-state index contributed by atoms with van der Waals surface area (Å²) < 4.78 is 15.7. The van der Waals surface area contributed by atoms with Crippen LogP contribution in [-0.4, -0.2) is 52.3 Å². The van der Waals surface area contributed by atoms with Gasteiger partial charge in [-0.05, 0) is 24.3 Å². The Morgan fingerprint density at radius 2 is 1.35 bits per heavy atom. The molecule has 10 nitrogen and oxygen atoms in total. The molecule has 0 heterocycles. The van der Waals surface area contributed by atoms with Gasteiger partial charge in [-0.2, -0.15) is 0 Å². The molecule has 4 N–H and O–H groups in total. The van der Waals surface area contributed by atoms with Gasteiger partial charge in [0.15, 0.2) is 11.5 Å². The van der Waals surface area contributed by atoms with E-state index in [1.165, 1.54) is 28.3 Å². The quantitative estimate of drug-likeness (QED) is 0.452. The third-order valence-corrected chi connectivity index (χ3v) is 4.09. The minimum absolute atomic E-state index is 0.187. The van der Waals surface area contributed by atoms with Crippen LogP contribution in [0.4, 0.5) is 16.2 Å².